The normalized spacial score (nSPS) is 24.5. The zero-order valence-electron chi connectivity index (χ0n) is 22.8. The number of aryl methyl sites for hydroxylation is 1. The van der Waals surface area contributed by atoms with E-state index in [0.29, 0.717) is 19.8 Å². The second-order valence-electron chi connectivity index (χ2n) is 10.4. The standard InChI is InChI=1S/C31H43N3O4/c1-24-9-3-4-11-28(24)29-12-5-14-31(25(29)2,38-20-8-17-34-18-13-27(35)23-34)37-19-7-16-33-22-30(36)26-10-6-15-32-21-26/h3-6,9-12,14-15,21,25,27,30,33,35-36H,7-8,13,16-20,22-23H2,1-2H3/t25?,27-,30?,31?/m1/s1. The van der Waals surface area contributed by atoms with Gasteiger partial charge in [0, 0.05) is 50.1 Å². The van der Waals surface area contributed by atoms with Crippen LogP contribution in [-0.4, -0.2) is 77.9 Å². The van der Waals surface area contributed by atoms with Crippen molar-refractivity contribution in [2.24, 2.45) is 5.92 Å². The van der Waals surface area contributed by atoms with Gasteiger partial charge in [-0.05, 0) is 61.6 Å². The minimum absolute atomic E-state index is 0.0163. The van der Waals surface area contributed by atoms with Crippen molar-refractivity contribution in [3.63, 3.8) is 0 Å². The van der Waals surface area contributed by atoms with Gasteiger partial charge in [-0.2, -0.15) is 0 Å². The Bertz CT molecular complexity index is 1060. The molecule has 0 bridgehead atoms. The fourth-order valence-electron chi connectivity index (χ4n) is 5.29. The van der Waals surface area contributed by atoms with Crippen LogP contribution in [0.1, 0.15) is 49.0 Å². The van der Waals surface area contributed by atoms with E-state index in [1.165, 1.54) is 16.7 Å². The number of aliphatic hydroxyl groups is 2. The molecule has 0 saturated carbocycles. The molecule has 1 aromatic heterocycles. The summed E-state index contributed by atoms with van der Waals surface area (Å²) in [5, 5.41) is 23.5. The van der Waals surface area contributed by atoms with Crippen molar-refractivity contribution in [1.29, 1.82) is 0 Å². The van der Waals surface area contributed by atoms with Crippen molar-refractivity contribution in [2.45, 2.75) is 51.1 Å². The van der Waals surface area contributed by atoms with Gasteiger partial charge in [-0.1, -0.05) is 49.4 Å². The van der Waals surface area contributed by atoms with Crippen molar-refractivity contribution >= 4 is 5.57 Å². The maximum atomic E-state index is 10.3. The molecule has 4 atom stereocenters. The SMILES string of the molecule is Cc1ccccc1C1=CC=CC(OCCCNCC(O)c2cccnc2)(OCCCN2CC[C@@H](O)C2)C1C. The lowest BCUT2D eigenvalue weighted by Crippen LogP contribution is -2.43. The van der Waals surface area contributed by atoms with Crippen LogP contribution in [0.3, 0.4) is 0 Å². The minimum atomic E-state index is -0.841. The second kappa shape index (κ2) is 14.1. The van der Waals surface area contributed by atoms with Gasteiger partial charge in [-0.15, -0.1) is 0 Å². The molecule has 3 N–H and O–H groups in total. The molecule has 3 unspecified atom stereocenters. The molecule has 0 spiro atoms. The summed E-state index contributed by atoms with van der Waals surface area (Å²) in [4.78, 5) is 6.37. The molecule has 1 fully saturated rings. The molecule has 0 radical (unpaired) electrons. The van der Waals surface area contributed by atoms with Crippen molar-refractivity contribution in [3.05, 3.63) is 83.7 Å². The summed E-state index contributed by atoms with van der Waals surface area (Å²) in [5.74, 6) is -0.825. The fourth-order valence-corrected chi connectivity index (χ4v) is 5.29. The number of nitrogens with one attached hydrogen (secondary N) is 1. The van der Waals surface area contributed by atoms with Gasteiger partial charge in [-0.3, -0.25) is 4.98 Å². The number of allylic oxidation sites excluding steroid dienone is 2. The third-order valence-corrected chi connectivity index (χ3v) is 7.56. The van der Waals surface area contributed by atoms with Gasteiger partial charge in [0.25, 0.3) is 0 Å². The monoisotopic (exact) mass is 521 g/mol. The molecular formula is C31H43N3O4. The largest absolute Gasteiger partial charge is 0.392 e. The van der Waals surface area contributed by atoms with Gasteiger partial charge in [0.05, 0.1) is 25.4 Å². The van der Waals surface area contributed by atoms with E-state index in [-0.39, 0.29) is 12.0 Å². The Morgan fingerprint density at radius 1 is 1.16 bits per heavy atom. The van der Waals surface area contributed by atoms with Gasteiger partial charge in [0.1, 0.15) is 0 Å². The number of β-amino-alcohol motifs (C(OH)–C–C–N with tert-alkyl or cyclic N) is 1. The van der Waals surface area contributed by atoms with Crippen LogP contribution in [0.2, 0.25) is 0 Å². The predicted molar refractivity (Wildman–Crippen MR) is 150 cm³/mol. The highest BCUT2D eigenvalue weighted by Crippen LogP contribution is 2.40. The first kappa shape index (κ1) is 28.6. The Labute approximate surface area is 227 Å². The van der Waals surface area contributed by atoms with E-state index < -0.39 is 11.9 Å². The molecule has 0 amide bonds. The van der Waals surface area contributed by atoms with Crippen LogP contribution in [0, 0.1) is 12.8 Å². The summed E-state index contributed by atoms with van der Waals surface area (Å²) >= 11 is 0. The Morgan fingerprint density at radius 2 is 1.97 bits per heavy atom. The summed E-state index contributed by atoms with van der Waals surface area (Å²) in [5.41, 5.74) is 4.48. The molecule has 7 nitrogen and oxygen atoms in total. The lowest BCUT2D eigenvalue weighted by atomic mass is 9.82. The highest BCUT2D eigenvalue weighted by atomic mass is 16.7. The molecule has 1 aromatic carbocycles. The molecule has 1 aliphatic heterocycles. The van der Waals surface area contributed by atoms with Crippen molar-refractivity contribution in [1.82, 2.24) is 15.2 Å². The van der Waals surface area contributed by atoms with Crippen molar-refractivity contribution in [3.8, 4) is 0 Å². The first-order valence-electron chi connectivity index (χ1n) is 13.9. The molecule has 1 saturated heterocycles. The molecule has 7 heteroatoms. The zero-order valence-corrected chi connectivity index (χ0v) is 22.8. The number of ether oxygens (including phenoxy) is 2. The number of nitrogens with zero attached hydrogens (tertiary/aromatic N) is 2. The third-order valence-electron chi connectivity index (χ3n) is 7.56. The quantitative estimate of drug-likeness (QED) is 0.257. The van der Waals surface area contributed by atoms with Gasteiger partial charge in [-0.25, -0.2) is 0 Å². The summed E-state index contributed by atoms with van der Waals surface area (Å²) in [7, 11) is 0. The van der Waals surface area contributed by atoms with Gasteiger partial charge in [0.2, 0.25) is 0 Å². The first-order chi connectivity index (χ1) is 18.5. The number of hydrogen-bond acceptors (Lipinski definition) is 7. The van der Waals surface area contributed by atoms with Crippen LogP contribution < -0.4 is 5.32 Å². The van der Waals surface area contributed by atoms with Gasteiger partial charge >= 0.3 is 0 Å². The molecule has 2 heterocycles. The summed E-state index contributed by atoms with van der Waals surface area (Å²) in [6.45, 7) is 9.24. The molecule has 38 heavy (non-hydrogen) atoms. The van der Waals surface area contributed by atoms with E-state index in [1.807, 2.05) is 12.1 Å². The lowest BCUT2D eigenvalue weighted by molar-refractivity contribution is -0.223. The molecule has 2 aromatic rings. The van der Waals surface area contributed by atoms with Crippen LogP contribution in [0.25, 0.3) is 5.57 Å². The summed E-state index contributed by atoms with van der Waals surface area (Å²) < 4.78 is 13.1. The number of likely N-dealkylation sites (tertiary alicyclic amines) is 1. The maximum Gasteiger partial charge on any atom is 0.194 e. The Balaban J connectivity index is 1.32. The van der Waals surface area contributed by atoms with E-state index in [1.54, 1.807) is 12.4 Å². The number of aromatic nitrogens is 1. The highest BCUT2D eigenvalue weighted by Gasteiger charge is 2.40. The average Bonchev–Trinajstić information content (AvgIpc) is 3.35. The van der Waals surface area contributed by atoms with E-state index in [4.69, 9.17) is 9.47 Å². The van der Waals surface area contributed by atoms with E-state index in [2.05, 4.69) is 71.5 Å². The molecular weight excluding hydrogens is 478 g/mol. The molecule has 206 valence electrons. The predicted octanol–water partition coefficient (Wildman–Crippen LogP) is 3.88. The maximum absolute atomic E-state index is 10.3. The first-order valence-corrected chi connectivity index (χ1v) is 13.9. The lowest BCUT2D eigenvalue weighted by Gasteiger charge is -2.40. The topological polar surface area (TPSA) is 87.1 Å². The van der Waals surface area contributed by atoms with E-state index >= 15 is 0 Å². The van der Waals surface area contributed by atoms with Crippen LogP contribution in [0.5, 0.6) is 0 Å². The number of aliphatic hydroxyl groups excluding tert-OH is 2. The second-order valence-corrected chi connectivity index (χ2v) is 10.4. The molecule has 2 aliphatic rings. The smallest absolute Gasteiger partial charge is 0.194 e. The number of hydrogen-bond donors (Lipinski definition) is 3. The van der Waals surface area contributed by atoms with Gasteiger partial charge in [0.15, 0.2) is 5.79 Å². The van der Waals surface area contributed by atoms with Crippen LogP contribution in [0.4, 0.5) is 0 Å². The minimum Gasteiger partial charge on any atom is -0.392 e. The van der Waals surface area contributed by atoms with Crippen LogP contribution >= 0.6 is 0 Å². The van der Waals surface area contributed by atoms with E-state index in [0.717, 1.165) is 51.0 Å². The Kier molecular flexibility index (Phi) is 10.6. The van der Waals surface area contributed by atoms with Crippen molar-refractivity contribution < 1.29 is 19.7 Å². The molecule has 4 rings (SSSR count). The van der Waals surface area contributed by atoms with Crippen molar-refractivity contribution in [2.75, 3.05) is 45.9 Å². The third kappa shape index (κ3) is 7.59. The highest BCUT2D eigenvalue weighted by molar-refractivity contribution is 5.73. The van der Waals surface area contributed by atoms with Gasteiger partial charge < -0.3 is 29.9 Å². The summed E-state index contributed by atoms with van der Waals surface area (Å²) in [6.07, 6.45) is 11.4. The number of rotatable bonds is 14. The van der Waals surface area contributed by atoms with Crippen LogP contribution in [0.15, 0.2) is 67.0 Å². The number of pyridine rings is 1. The number of benzene rings is 1. The zero-order chi connectivity index (χ0) is 26.8. The fraction of sp³-hybridized carbons (Fsp3) is 0.516. The molecule has 1 aliphatic carbocycles. The summed E-state index contributed by atoms with van der Waals surface area (Å²) in [6, 6.07) is 12.2. The Hall–Kier alpha value is -2.39. The average molecular weight is 522 g/mol. The Morgan fingerprint density at radius 3 is 2.71 bits per heavy atom. The van der Waals surface area contributed by atoms with E-state index in [9.17, 15) is 10.2 Å². The van der Waals surface area contributed by atoms with Crippen LogP contribution in [-0.2, 0) is 9.47 Å².